The Morgan fingerprint density at radius 2 is 1.14 bits per heavy atom. The molecule has 0 aliphatic rings. The highest BCUT2D eigenvalue weighted by Gasteiger charge is 2.31. The molecular weight excluding hydrogens is 642 g/mol. The highest BCUT2D eigenvalue weighted by atomic mass is 16.6. The average Bonchev–Trinajstić information content (AvgIpc) is 3.08. The zero-order chi connectivity index (χ0) is 37.8. The van der Waals surface area contributed by atoms with E-state index in [-0.39, 0.29) is 42.7 Å². The number of aliphatic carboxylic acids is 1. The van der Waals surface area contributed by atoms with E-state index in [0.29, 0.717) is 19.3 Å². The molecule has 2 unspecified atom stereocenters. The van der Waals surface area contributed by atoms with Gasteiger partial charge in [-0.25, -0.2) is 4.79 Å². The van der Waals surface area contributed by atoms with Gasteiger partial charge in [-0.3, -0.25) is 9.59 Å². The van der Waals surface area contributed by atoms with E-state index in [0.717, 1.165) is 77.0 Å². The molecule has 0 rings (SSSR count). The van der Waals surface area contributed by atoms with Crippen molar-refractivity contribution in [2.24, 2.45) is 0 Å². The van der Waals surface area contributed by atoms with Crippen molar-refractivity contribution in [1.82, 2.24) is 0 Å². The molecule has 8 heteroatoms. The van der Waals surface area contributed by atoms with Crippen molar-refractivity contribution in [3.05, 3.63) is 72.9 Å². The predicted molar refractivity (Wildman–Crippen MR) is 210 cm³/mol. The van der Waals surface area contributed by atoms with Crippen LogP contribution in [0.4, 0.5) is 0 Å². The molecule has 1 N–H and O–H groups in total. The summed E-state index contributed by atoms with van der Waals surface area (Å²) in [5, 5.41) is 9.58. The van der Waals surface area contributed by atoms with Crippen LogP contribution in [-0.4, -0.2) is 80.6 Å². The van der Waals surface area contributed by atoms with E-state index >= 15 is 0 Å². The molecular formula is C43H72NO7+. The molecule has 8 nitrogen and oxygen atoms in total. The second-order valence-electron chi connectivity index (χ2n) is 13.8. The van der Waals surface area contributed by atoms with Gasteiger partial charge in [-0.05, 0) is 64.2 Å². The van der Waals surface area contributed by atoms with Gasteiger partial charge in [0.25, 0.3) is 0 Å². The Labute approximate surface area is 311 Å². The number of allylic oxidation sites excluding steroid dienone is 12. The summed E-state index contributed by atoms with van der Waals surface area (Å²) < 4.78 is 17.1. The van der Waals surface area contributed by atoms with Crippen molar-refractivity contribution in [3.63, 3.8) is 0 Å². The van der Waals surface area contributed by atoms with Crippen molar-refractivity contribution in [2.75, 3.05) is 41.0 Å². The fourth-order valence-corrected chi connectivity index (χ4v) is 5.06. The summed E-state index contributed by atoms with van der Waals surface area (Å²) in [6.07, 6.45) is 41.0. The maximum atomic E-state index is 12.6. The second-order valence-corrected chi connectivity index (χ2v) is 13.8. The van der Waals surface area contributed by atoms with Crippen LogP contribution in [0.1, 0.15) is 129 Å². The van der Waals surface area contributed by atoms with Gasteiger partial charge in [0.05, 0.1) is 34.4 Å². The summed E-state index contributed by atoms with van der Waals surface area (Å²) >= 11 is 0. The van der Waals surface area contributed by atoms with Gasteiger partial charge in [-0.1, -0.05) is 119 Å². The minimum absolute atomic E-state index is 0.0308. The molecule has 0 aliphatic carbocycles. The lowest BCUT2D eigenvalue weighted by molar-refractivity contribution is -0.887. The molecule has 0 aromatic carbocycles. The Morgan fingerprint density at radius 1 is 0.608 bits per heavy atom. The normalized spacial score (nSPS) is 13.8. The topological polar surface area (TPSA) is 99.1 Å². The summed E-state index contributed by atoms with van der Waals surface area (Å²) in [4.78, 5) is 36.7. The first-order chi connectivity index (χ1) is 24.6. The largest absolute Gasteiger partial charge is 0.477 e. The third-order valence-corrected chi connectivity index (χ3v) is 8.10. The minimum atomic E-state index is -0.890. The smallest absolute Gasteiger partial charge is 0.362 e. The zero-order valence-corrected chi connectivity index (χ0v) is 32.8. The number of unbranched alkanes of at least 4 members (excludes halogenated alkanes) is 7. The van der Waals surface area contributed by atoms with E-state index in [1.165, 1.54) is 12.8 Å². The lowest BCUT2D eigenvalue weighted by atomic mass is 10.1. The number of quaternary nitrogens is 1. The van der Waals surface area contributed by atoms with Crippen molar-refractivity contribution in [2.45, 2.75) is 142 Å². The number of esters is 2. The molecule has 0 fully saturated rings. The number of hydrogen-bond acceptors (Lipinski definition) is 6. The summed E-state index contributed by atoms with van der Waals surface area (Å²) in [5.41, 5.74) is 0. The van der Waals surface area contributed by atoms with Crippen molar-refractivity contribution < 1.29 is 38.2 Å². The summed E-state index contributed by atoms with van der Waals surface area (Å²) in [7, 11) is 5.48. The maximum Gasteiger partial charge on any atom is 0.362 e. The number of nitrogens with zero attached hydrogens (tertiary/aromatic N) is 1. The van der Waals surface area contributed by atoms with Crippen LogP contribution < -0.4 is 0 Å². The maximum absolute atomic E-state index is 12.6. The highest BCUT2D eigenvalue weighted by Crippen LogP contribution is 2.12. The molecule has 0 saturated heterocycles. The molecule has 0 aromatic heterocycles. The standard InChI is InChI=1S/C43H71NO7/c1-6-8-10-12-14-16-18-19-20-21-22-24-25-27-29-31-33-41(45)50-38-39(37-49-36-35-40(43(47)48)44(3,4)5)51-42(46)34-32-30-28-26-23-17-15-13-11-9-7-2/h8,10,13-16,19-20,22,24,27,29,39-40H,6-7,9,11-12,17-18,21,23,25-26,28,30-38H2,1-5H3/p+1/b10-8+,15-13+,16-14+,20-19+,24-22+,29-27+. The van der Waals surface area contributed by atoms with E-state index < -0.39 is 18.1 Å². The van der Waals surface area contributed by atoms with Crippen molar-refractivity contribution in [3.8, 4) is 0 Å². The zero-order valence-electron chi connectivity index (χ0n) is 32.8. The Kier molecular flexibility index (Phi) is 31.7. The minimum Gasteiger partial charge on any atom is -0.477 e. The van der Waals surface area contributed by atoms with Gasteiger partial charge in [0, 0.05) is 19.3 Å². The molecule has 0 radical (unpaired) electrons. The molecule has 0 aliphatic heterocycles. The van der Waals surface area contributed by atoms with E-state index in [1.54, 1.807) is 0 Å². The Hall–Kier alpha value is -3.23. The van der Waals surface area contributed by atoms with Crippen molar-refractivity contribution in [1.29, 1.82) is 0 Å². The SMILES string of the molecule is CC/C=C/C/C=C/C/C=C/C/C=C/C/C=C/CCC(=O)OCC(COCCC(C(=O)O)[N+](C)(C)C)OC(=O)CCCCCCC/C=C/CCCC. The van der Waals surface area contributed by atoms with Crippen LogP contribution in [0.25, 0.3) is 0 Å². The van der Waals surface area contributed by atoms with Crippen LogP contribution in [0.15, 0.2) is 72.9 Å². The van der Waals surface area contributed by atoms with E-state index in [4.69, 9.17) is 14.2 Å². The molecule has 0 aromatic rings. The van der Waals surface area contributed by atoms with Gasteiger partial charge in [-0.2, -0.15) is 0 Å². The average molecular weight is 715 g/mol. The van der Waals surface area contributed by atoms with Gasteiger partial charge in [0.2, 0.25) is 0 Å². The molecule has 290 valence electrons. The highest BCUT2D eigenvalue weighted by molar-refractivity contribution is 5.72. The molecule has 51 heavy (non-hydrogen) atoms. The van der Waals surface area contributed by atoms with Crippen LogP contribution in [0.3, 0.4) is 0 Å². The lowest BCUT2D eigenvalue weighted by Gasteiger charge is -2.31. The number of carboxylic acid groups (broad SMARTS) is 1. The summed E-state index contributed by atoms with van der Waals surface area (Å²) in [6.45, 7) is 4.46. The summed E-state index contributed by atoms with van der Waals surface area (Å²) in [6, 6.07) is -0.628. The molecule has 0 amide bonds. The molecule has 0 bridgehead atoms. The number of likely N-dealkylation sites (N-methyl/N-ethyl adjacent to an activating group) is 1. The Balaban J connectivity index is 4.55. The third kappa shape index (κ3) is 32.4. The fraction of sp³-hybridized carbons (Fsp3) is 0.651. The van der Waals surface area contributed by atoms with Crippen LogP contribution in [0.2, 0.25) is 0 Å². The Morgan fingerprint density at radius 3 is 1.71 bits per heavy atom. The van der Waals surface area contributed by atoms with Gasteiger partial charge < -0.3 is 23.8 Å². The first-order valence-corrected chi connectivity index (χ1v) is 19.5. The number of rotatable bonds is 33. The Bertz CT molecular complexity index is 1060. The van der Waals surface area contributed by atoms with Gasteiger partial charge in [-0.15, -0.1) is 0 Å². The number of carbonyl (C=O) groups excluding carboxylic acids is 2. The second kappa shape index (κ2) is 33.9. The van der Waals surface area contributed by atoms with Gasteiger partial charge in [0.1, 0.15) is 6.61 Å². The third-order valence-electron chi connectivity index (χ3n) is 8.10. The van der Waals surface area contributed by atoms with Crippen LogP contribution >= 0.6 is 0 Å². The van der Waals surface area contributed by atoms with Crippen LogP contribution in [-0.2, 0) is 28.6 Å². The molecule has 2 atom stereocenters. The van der Waals surface area contributed by atoms with Crippen LogP contribution in [0, 0.1) is 0 Å². The van der Waals surface area contributed by atoms with E-state index in [2.05, 4.69) is 74.6 Å². The molecule has 0 heterocycles. The van der Waals surface area contributed by atoms with Crippen LogP contribution in [0.5, 0.6) is 0 Å². The number of hydrogen-bond donors (Lipinski definition) is 1. The lowest BCUT2D eigenvalue weighted by Crippen LogP contribution is -2.50. The number of carboxylic acids is 1. The number of carbonyl (C=O) groups is 3. The predicted octanol–water partition coefficient (Wildman–Crippen LogP) is 10.0. The first kappa shape index (κ1) is 47.8. The van der Waals surface area contributed by atoms with Gasteiger partial charge in [0.15, 0.2) is 12.1 Å². The monoisotopic (exact) mass is 715 g/mol. The number of ether oxygens (including phenoxy) is 3. The quantitative estimate of drug-likeness (QED) is 0.0313. The van der Waals surface area contributed by atoms with Crippen molar-refractivity contribution >= 4 is 17.9 Å². The summed E-state index contributed by atoms with van der Waals surface area (Å²) in [5.74, 6) is -1.60. The fourth-order valence-electron chi connectivity index (χ4n) is 5.06. The first-order valence-electron chi connectivity index (χ1n) is 19.5. The van der Waals surface area contributed by atoms with Gasteiger partial charge >= 0.3 is 17.9 Å². The van der Waals surface area contributed by atoms with E-state index in [9.17, 15) is 19.5 Å². The molecule has 0 spiro atoms. The van der Waals surface area contributed by atoms with E-state index in [1.807, 2.05) is 33.3 Å². The molecule has 0 saturated carbocycles.